The molecule has 3 unspecified atom stereocenters. The van der Waals surface area contributed by atoms with Gasteiger partial charge >= 0.3 is 7.82 Å². The number of unbranched alkanes of at least 4 members (excludes halogenated alkanes) is 21. The molecule has 1 amide bonds. The van der Waals surface area contributed by atoms with Crippen molar-refractivity contribution in [3.63, 3.8) is 0 Å². The number of amides is 1. The minimum Gasteiger partial charge on any atom is -0.387 e. The molecule has 0 heterocycles. The van der Waals surface area contributed by atoms with Crippen LogP contribution in [0.3, 0.4) is 0 Å². The number of phosphoric ester groups is 1. The zero-order chi connectivity index (χ0) is 49.2. The maximum atomic E-state index is 12.9. The Hall–Kier alpha value is -2.58. The Kier molecular flexibility index (Phi) is 46.6. The van der Waals surface area contributed by atoms with Crippen molar-refractivity contribution in [3.8, 4) is 0 Å². The number of nitrogens with zero attached hydrogens (tertiary/aromatic N) is 1. The standard InChI is InChI=1S/C58H103N2O6P/c1-6-8-10-12-14-16-18-20-22-24-26-28-29-30-32-33-35-37-39-41-43-45-47-49-51-57(61)56(55-66-67(63,64)65-54-53-60(3,4)5)59-58(62)52-50-48-46-44-42-40-38-36-34-31-27-25-23-21-19-17-15-13-11-9-7-2/h9,11,15,17,21,23,27,31,33,35-36,38,41,43,49,51,56-57,61H,6-8,10,12-14,16,18-20,22,24-26,28-30,32,34,37,39-40,42,44-48,50,52-55H2,1-5H3,(H-,59,62,63,64)/p+1/b11-9-,17-15-,23-21-,31-27-,35-33+,38-36-,43-41+,51-49+. The fourth-order valence-electron chi connectivity index (χ4n) is 7.28. The molecule has 3 N–H and O–H groups in total. The van der Waals surface area contributed by atoms with E-state index in [4.69, 9.17) is 9.05 Å². The van der Waals surface area contributed by atoms with Gasteiger partial charge in [-0.25, -0.2) is 4.57 Å². The van der Waals surface area contributed by atoms with Crippen LogP contribution in [0.1, 0.15) is 213 Å². The summed E-state index contributed by atoms with van der Waals surface area (Å²) in [5.41, 5.74) is 0. The largest absolute Gasteiger partial charge is 0.472 e. The van der Waals surface area contributed by atoms with Crippen molar-refractivity contribution < 1.29 is 32.9 Å². The van der Waals surface area contributed by atoms with Crippen LogP contribution in [0, 0.1) is 0 Å². The SMILES string of the molecule is CC/C=C\C/C=C\C/C=C\C/C=C\C/C=C\CCCCCCCC(=O)NC(COP(=O)(O)OCC[N+](C)(C)C)C(O)/C=C/CC/C=C/CC/C=C/CCCCCCCCCCCCCCCC. The van der Waals surface area contributed by atoms with E-state index in [0.717, 1.165) is 96.3 Å². The molecule has 0 aliphatic carbocycles. The Balaban J connectivity index is 4.41. The number of carbonyl (C=O) groups excluding carboxylic acids is 1. The van der Waals surface area contributed by atoms with E-state index >= 15 is 0 Å². The lowest BCUT2D eigenvalue weighted by Crippen LogP contribution is -2.45. The van der Waals surface area contributed by atoms with E-state index in [2.05, 4.69) is 104 Å². The fourth-order valence-corrected chi connectivity index (χ4v) is 8.01. The summed E-state index contributed by atoms with van der Waals surface area (Å²) >= 11 is 0. The van der Waals surface area contributed by atoms with Crippen LogP contribution in [0.15, 0.2) is 97.2 Å². The number of phosphoric acid groups is 1. The van der Waals surface area contributed by atoms with Gasteiger partial charge < -0.3 is 19.8 Å². The van der Waals surface area contributed by atoms with Crippen LogP contribution >= 0.6 is 7.82 Å². The minimum atomic E-state index is -4.37. The van der Waals surface area contributed by atoms with E-state index in [9.17, 15) is 19.4 Å². The third-order valence-electron chi connectivity index (χ3n) is 11.5. The van der Waals surface area contributed by atoms with E-state index in [-0.39, 0.29) is 19.1 Å². The van der Waals surface area contributed by atoms with Crippen molar-refractivity contribution in [2.24, 2.45) is 0 Å². The van der Waals surface area contributed by atoms with Crippen LogP contribution in [0.5, 0.6) is 0 Å². The Morgan fingerprint density at radius 3 is 1.37 bits per heavy atom. The molecule has 9 heteroatoms. The molecule has 0 aliphatic heterocycles. The van der Waals surface area contributed by atoms with Gasteiger partial charge in [0, 0.05) is 6.42 Å². The van der Waals surface area contributed by atoms with Crippen LogP contribution in [-0.2, 0) is 18.4 Å². The quantitative estimate of drug-likeness (QED) is 0.0243. The highest BCUT2D eigenvalue weighted by Crippen LogP contribution is 2.43. The lowest BCUT2D eigenvalue weighted by molar-refractivity contribution is -0.870. The molecule has 0 aromatic heterocycles. The van der Waals surface area contributed by atoms with Gasteiger partial charge in [-0.1, -0.05) is 214 Å². The van der Waals surface area contributed by atoms with Gasteiger partial charge in [-0.05, 0) is 89.9 Å². The first-order valence-corrected chi connectivity index (χ1v) is 28.6. The molecule has 0 aliphatic rings. The minimum absolute atomic E-state index is 0.0441. The molecule has 0 aromatic carbocycles. The summed E-state index contributed by atoms with van der Waals surface area (Å²) in [6.07, 6.45) is 69.3. The smallest absolute Gasteiger partial charge is 0.387 e. The summed E-state index contributed by atoms with van der Waals surface area (Å²) in [7, 11) is 1.52. The van der Waals surface area contributed by atoms with Gasteiger partial charge in [-0.3, -0.25) is 13.8 Å². The Morgan fingerprint density at radius 1 is 0.522 bits per heavy atom. The van der Waals surface area contributed by atoms with Crippen LogP contribution in [0.25, 0.3) is 0 Å². The maximum Gasteiger partial charge on any atom is 0.472 e. The number of allylic oxidation sites excluding steroid dienone is 15. The van der Waals surface area contributed by atoms with Gasteiger partial charge in [0.2, 0.25) is 5.91 Å². The number of quaternary nitrogens is 1. The summed E-state index contributed by atoms with van der Waals surface area (Å²) in [5.74, 6) is -0.213. The average molecular weight is 956 g/mol. The van der Waals surface area contributed by atoms with Crippen molar-refractivity contribution in [1.29, 1.82) is 0 Å². The number of likely N-dealkylation sites (N-methyl/N-ethyl adjacent to an activating group) is 1. The molecule has 0 fully saturated rings. The number of aliphatic hydroxyl groups excluding tert-OH is 1. The monoisotopic (exact) mass is 956 g/mol. The molecule has 0 rings (SSSR count). The third kappa shape index (κ3) is 51.1. The first-order chi connectivity index (χ1) is 32.5. The molecule has 0 spiro atoms. The van der Waals surface area contributed by atoms with E-state index < -0.39 is 20.0 Å². The molecule has 0 radical (unpaired) electrons. The Morgan fingerprint density at radius 2 is 0.910 bits per heavy atom. The lowest BCUT2D eigenvalue weighted by atomic mass is 10.0. The maximum absolute atomic E-state index is 12.9. The van der Waals surface area contributed by atoms with Crippen molar-refractivity contribution in [3.05, 3.63) is 97.2 Å². The molecular formula is C58H104N2O6P+. The predicted octanol–water partition coefficient (Wildman–Crippen LogP) is 16.3. The Bertz CT molecular complexity index is 1410. The predicted molar refractivity (Wildman–Crippen MR) is 290 cm³/mol. The summed E-state index contributed by atoms with van der Waals surface area (Å²) in [4.78, 5) is 23.2. The normalized spacial score (nSPS) is 14.8. The molecule has 0 saturated heterocycles. The topological polar surface area (TPSA) is 105 Å². The van der Waals surface area contributed by atoms with Crippen molar-refractivity contribution in [2.75, 3.05) is 40.9 Å². The molecule has 0 saturated carbocycles. The lowest BCUT2D eigenvalue weighted by Gasteiger charge is -2.25. The average Bonchev–Trinajstić information content (AvgIpc) is 3.29. The number of nitrogens with one attached hydrogen (secondary N) is 1. The van der Waals surface area contributed by atoms with Gasteiger partial charge in [0.15, 0.2) is 0 Å². The summed E-state index contributed by atoms with van der Waals surface area (Å²) < 4.78 is 23.6. The molecule has 0 bridgehead atoms. The van der Waals surface area contributed by atoms with E-state index in [1.54, 1.807) is 6.08 Å². The van der Waals surface area contributed by atoms with Crippen molar-refractivity contribution in [1.82, 2.24) is 5.32 Å². The first-order valence-electron chi connectivity index (χ1n) is 27.1. The van der Waals surface area contributed by atoms with Crippen molar-refractivity contribution in [2.45, 2.75) is 225 Å². The molecule has 0 aromatic rings. The fraction of sp³-hybridized carbons (Fsp3) is 0.707. The van der Waals surface area contributed by atoms with E-state index in [1.165, 1.54) is 96.3 Å². The number of rotatable bonds is 48. The third-order valence-corrected chi connectivity index (χ3v) is 12.5. The second-order valence-corrected chi connectivity index (χ2v) is 20.7. The number of aliphatic hydroxyl groups is 1. The first kappa shape index (κ1) is 64.4. The molecule has 3 atom stereocenters. The number of carbonyl (C=O) groups is 1. The molecule has 386 valence electrons. The highest BCUT2D eigenvalue weighted by molar-refractivity contribution is 7.47. The summed E-state index contributed by atoms with van der Waals surface area (Å²) in [5, 5.41) is 13.9. The number of hydrogen-bond acceptors (Lipinski definition) is 5. The van der Waals surface area contributed by atoms with Gasteiger partial charge in [-0.2, -0.15) is 0 Å². The van der Waals surface area contributed by atoms with Gasteiger partial charge in [0.05, 0.1) is 39.9 Å². The van der Waals surface area contributed by atoms with Crippen LogP contribution in [0.4, 0.5) is 0 Å². The van der Waals surface area contributed by atoms with Gasteiger partial charge in [0.25, 0.3) is 0 Å². The molecule has 67 heavy (non-hydrogen) atoms. The molecule has 8 nitrogen and oxygen atoms in total. The zero-order valence-electron chi connectivity index (χ0n) is 43.9. The highest BCUT2D eigenvalue weighted by atomic mass is 31.2. The zero-order valence-corrected chi connectivity index (χ0v) is 44.8. The van der Waals surface area contributed by atoms with Crippen LogP contribution in [-0.4, -0.2) is 73.4 Å². The van der Waals surface area contributed by atoms with Gasteiger partial charge in [-0.15, -0.1) is 0 Å². The van der Waals surface area contributed by atoms with Crippen molar-refractivity contribution >= 4 is 13.7 Å². The van der Waals surface area contributed by atoms with Crippen LogP contribution in [0.2, 0.25) is 0 Å². The summed E-state index contributed by atoms with van der Waals surface area (Å²) in [6, 6.07) is -0.887. The van der Waals surface area contributed by atoms with Crippen LogP contribution < -0.4 is 5.32 Å². The van der Waals surface area contributed by atoms with Gasteiger partial charge in [0.1, 0.15) is 13.2 Å². The number of hydrogen-bond donors (Lipinski definition) is 3. The Labute approximate surface area is 413 Å². The van der Waals surface area contributed by atoms with E-state index in [0.29, 0.717) is 17.4 Å². The highest BCUT2D eigenvalue weighted by Gasteiger charge is 2.27. The second kappa shape index (κ2) is 48.4. The second-order valence-electron chi connectivity index (χ2n) is 19.2. The van der Waals surface area contributed by atoms with E-state index in [1.807, 2.05) is 27.2 Å². The summed E-state index contributed by atoms with van der Waals surface area (Å²) in [6.45, 7) is 4.65. The molecular weight excluding hydrogens is 852 g/mol.